The Morgan fingerprint density at radius 3 is 2.62 bits per heavy atom. The summed E-state index contributed by atoms with van der Waals surface area (Å²) in [5, 5.41) is 14.7. The molecule has 140 valence electrons. The highest BCUT2D eigenvalue weighted by molar-refractivity contribution is 7.91. The number of carboxylic acid groups (broad SMARTS) is 1. The van der Waals surface area contributed by atoms with Crippen molar-refractivity contribution in [3.63, 3.8) is 0 Å². The van der Waals surface area contributed by atoms with Crippen LogP contribution in [0.3, 0.4) is 0 Å². The van der Waals surface area contributed by atoms with Crippen molar-refractivity contribution in [2.45, 2.75) is 42.2 Å². The lowest BCUT2D eigenvalue weighted by molar-refractivity contribution is -0.142. The summed E-state index contributed by atoms with van der Waals surface area (Å²) in [6, 6.07) is 1.57. The van der Waals surface area contributed by atoms with Gasteiger partial charge in [0.1, 0.15) is 4.21 Å². The summed E-state index contributed by atoms with van der Waals surface area (Å²) in [7, 11) is -3.63. The fourth-order valence-electron chi connectivity index (χ4n) is 3.21. The van der Waals surface area contributed by atoms with E-state index in [2.05, 4.69) is 10.1 Å². The first-order chi connectivity index (χ1) is 12.4. The van der Waals surface area contributed by atoms with Crippen molar-refractivity contribution in [3.05, 3.63) is 17.3 Å². The number of hydrogen-bond donors (Lipinski definition) is 1. The van der Waals surface area contributed by atoms with Gasteiger partial charge in [0.15, 0.2) is 0 Å². The van der Waals surface area contributed by atoms with Crippen LogP contribution in [0.2, 0.25) is 0 Å². The molecule has 10 heteroatoms. The maximum atomic E-state index is 12.8. The van der Waals surface area contributed by atoms with Gasteiger partial charge >= 0.3 is 5.97 Å². The van der Waals surface area contributed by atoms with E-state index in [-0.39, 0.29) is 17.3 Å². The number of carbonyl (C=O) groups is 1. The van der Waals surface area contributed by atoms with E-state index in [1.807, 2.05) is 0 Å². The van der Waals surface area contributed by atoms with Crippen LogP contribution in [0.5, 0.6) is 0 Å². The molecule has 2 aromatic heterocycles. The van der Waals surface area contributed by atoms with E-state index in [1.165, 1.54) is 10.7 Å². The first-order valence-electron chi connectivity index (χ1n) is 8.60. The van der Waals surface area contributed by atoms with E-state index in [9.17, 15) is 13.2 Å². The summed E-state index contributed by atoms with van der Waals surface area (Å²) in [5.41, 5.74) is 0.628. The molecule has 4 rings (SSSR count). The van der Waals surface area contributed by atoms with Crippen LogP contribution >= 0.6 is 11.3 Å². The molecule has 0 aromatic carbocycles. The summed E-state index contributed by atoms with van der Waals surface area (Å²) >= 11 is 1.12. The van der Waals surface area contributed by atoms with E-state index >= 15 is 0 Å². The molecule has 1 saturated carbocycles. The molecule has 1 saturated heterocycles. The van der Waals surface area contributed by atoms with Gasteiger partial charge in [0, 0.05) is 30.0 Å². The van der Waals surface area contributed by atoms with Crippen LogP contribution in [0.25, 0.3) is 11.4 Å². The summed E-state index contributed by atoms with van der Waals surface area (Å²) in [4.78, 5) is 15.4. The van der Waals surface area contributed by atoms with E-state index in [1.54, 1.807) is 11.4 Å². The molecule has 1 aliphatic carbocycles. The Balaban J connectivity index is 1.50. The molecule has 0 atom stereocenters. The summed E-state index contributed by atoms with van der Waals surface area (Å²) in [6.07, 6.45) is 3.95. The van der Waals surface area contributed by atoms with Crippen LogP contribution in [0.1, 0.15) is 43.9 Å². The third kappa shape index (κ3) is 3.17. The van der Waals surface area contributed by atoms with Gasteiger partial charge in [0.05, 0.1) is 5.92 Å². The van der Waals surface area contributed by atoms with Gasteiger partial charge in [-0.15, -0.1) is 11.3 Å². The highest BCUT2D eigenvalue weighted by Crippen LogP contribution is 2.37. The smallest absolute Gasteiger partial charge is 0.306 e. The number of piperidine rings is 1. The van der Waals surface area contributed by atoms with Crippen LogP contribution in [-0.4, -0.2) is 47.0 Å². The molecule has 2 aromatic rings. The zero-order valence-corrected chi connectivity index (χ0v) is 15.6. The molecule has 0 bridgehead atoms. The lowest BCUT2D eigenvalue weighted by Gasteiger charge is -2.28. The molecular formula is C16H19N3O5S2. The third-order valence-electron chi connectivity index (χ3n) is 5.13. The highest BCUT2D eigenvalue weighted by atomic mass is 32.2. The van der Waals surface area contributed by atoms with Gasteiger partial charge in [-0.25, -0.2) is 8.42 Å². The summed E-state index contributed by atoms with van der Waals surface area (Å²) < 4.78 is 32.5. The van der Waals surface area contributed by atoms with Gasteiger partial charge in [0.25, 0.3) is 10.0 Å². The van der Waals surface area contributed by atoms with Crippen LogP contribution in [0, 0.1) is 5.92 Å². The number of sulfonamides is 1. The number of aromatic nitrogens is 2. The van der Waals surface area contributed by atoms with Gasteiger partial charge in [0.2, 0.25) is 11.7 Å². The highest BCUT2D eigenvalue weighted by Gasteiger charge is 2.33. The molecule has 2 aliphatic rings. The van der Waals surface area contributed by atoms with Crippen molar-refractivity contribution in [2.75, 3.05) is 13.1 Å². The van der Waals surface area contributed by atoms with Crippen LogP contribution < -0.4 is 0 Å². The predicted octanol–water partition coefficient (Wildman–Crippen LogP) is 2.55. The van der Waals surface area contributed by atoms with Gasteiger partial charge in [-0.3, -0.25) is 4.79 Å². The topological polar surface area (TPSA) is 114 Å². The number of thiophene rings is 1. The van der Waals surface area contributed by atoms with E-state index in [0.717, 1.165) is 24.2 Å². The fourth-order valence-corrected chi connectivity index (χ4v) is 5.99. The van der Waals surface area contributed by atoms with E-state index in [0.29, 0.717) is 36.0 Å². The van der Waals surface area contributed by atoms with Crippen LogP contribution in [0.4, 0.5) is 0 Å². The van der Waals surface area contributed by atoms with Crippen molar-refractivity contribution >= 4 is 27.3 Å². The Morgan fingerprint density at radius 1 is 1.27 bits per heavy atom. The predicted molar refractivity (Wildman–Crippen MR) is 93.3 cm³/mol. The van der Waals surface area contributed by atoms with Gasteiger partial charge in [-0.2, -0.15) is 9.29 Å². The number of carboxylic acids is 1. The molecule has 0 unspecified atom stereocenters. The molecule has 1 aliphatic heterocycles. The van der Waals surface area contributed by atoms with Gasteiger partial charge in [-0.05, 0) is 31.7 Å². The minimum Gasteiger partial charge on any atom is -0.481 e. The average Bonchev–Trinajstić information content (AvgIpc) is 3.22. The first kappa shape index (κ1) is 17.6. The van der Waals surface area contributed by atoms with Crippen molar-refractivity contribution < 1.29 is 22.8 Å². The summed E-state index contributed by atoms with van der Waals surface area (Å²) in [6.45, 7) is 0.446. The number of aliphatic carboxylic acids is 1. The largest absolute Gasteiger partial charge is 0.481 e. The van der Waals surface area contributed by atoms with Gasteiger partial charge < -0.3 is 9.63 Å². The lowest BCUT2D eigenvalue weighted by atomic mass is 9.85. The number of hydrogen-bond acceptors (Lipinski definition) is 7. The monoisotopic (exact) mass is 397 g/mol. The zero-order chi connectivity index (χ0) is 18.3. The fraction of sp³-hybridized carbons (Fsp3) is 0.562. The molecular weight excluding hydrogens is 378 g/mol. The zero-order valence-electron chi connectivity index (χ0n) is 14.0. The number of nitrogens with zero attached hydrogens (tertiary/aromatic N) is 3. The summed E-state index contributed by atoms with van der Waals surface area (Å²) in [5.74, 6) is 0.0323. The Kier molecular flexibility index (Phi) is 4.57. The molecule has 2 fully saturated rings. The van der Waals surface area contributed by atoms with Crippen molar-refractivity contribution in [3.8, 4) is 11.4 Å². The maximum absolute atomic E-state index is 12.8. The minimum absolute atomic E-state index is 0.219. The van der Waals surface area contributed by atoms with Crippen LogP contribution in [0.15, 0.2) is 20.2 Å². The second kappa shape index (κ2) is 6.75. The minimum atomic E-state index is -3.63. The third-order valence-corrected chi connectivity index (χ3v) is 8.44. The molecule has 0 amide bonds. The normalized spacial score (nSPS) is 20.2. The Morgan fingerprint density at radius 2 is 2.00 bits per heavy atom. The average molecular weight is 397 g/mol. The van der Waals surface area contributed by atoms with Gasteiger partial charge in [-0.1, -0.05) is 11.6 Å². The SMILES string of the molecule is O=C(O)C1CCN(S(=O)(=O)c2cc(-c3noc(C4CCC4)n3)cs2)CC1. The van der Waals surface area contributed by atoms with Crippen molar-refractivity contribution in [2.24, 2.45) is 5.92 Å². The maximum Gasteiger partial charge on any atom is 0.306 e. The molecule has 8 nitrogen and oxygen atoms in total. The van der Waals surface area contributed by atoms with Crippen molar-refractivity contribution in [1.29, 1.82) is 0 Å². The van der Waals surface area contributed by atoms with Crippen molar-refractivity contribution in [1.82, 2.24) is 14.4 Å². The Hall–Kier alpha value is -1.78. The van der Waals surface area contributed by atoms with Crippen LogP contribution in [-0.2, 0) is 14.8 Å². The Bertz CT molecular complexity index is 908. The Labute approximate surface area is 154 Å². The second-order valence-corrected chi connectivity index (χ2v) is 9.83. The molecule has 0 radical (unpaired) electrons. The lowest BCUT2D eigenvalue weighted by Crippen LogP contribution is -2.39. The molecule has 1 N–H and O–H groups in total. The number of rotatable bonds is 5. The second-order valence-electron chi connectivity index (χ2n) is 6.76. The first-order valence-corrected chi connectivity index (χ1v) is 10.9. The van der Waals surface area contributed by atoms with E-state index in [4.69, 9.17) is 9.63 Å². The molecule has 26 heavy (non-hydrogen) atoms. The van der Waals surface area contributed by atoms with E-state index < -0.39 is 21.9 Å². The quantitative estimate of drug-likeness (QED) is 0.824. The molecule has 3 heterocycles. The standard InChI is InChI=1S/C16H19N3O5S2/c20-16(21)11-4-6-19(7-5-11)26(22,23)13-8-12(9-25-13)14-17-15(24-18-14)10-2-1-3-10/h8-11H,1-7H2,(H,20,21). The molecule has 0 spiro atoms.